The molecule has 0 spiro atoms. The Labute approximate surface area is 95.1 Å². The fourth-order valence-corrected chi connectivity index (χ4v) is 2.16. The second-order valence-corrected chi connectivity index (χ2v) is 7.96. The summed E-state index contributed by atoms with van der Waals surface area (Å²) in [6.07, 6.45) is 1.75. The Bertz CT molecular complexity index is 177. The molecular weight excluding hydrogens is 214 g/mol. The molecule has 0 unspecified atom stereocenters. The standard InChI is InChI=1S/C10H23NOS2/c1-9(8-13-10(2,3)4)11-6-7-14(5)12/h9,11H,6-8H2,1-5H3/t9-,14+/m1/s1. The Hall–Kier alpha value is 0.460. The fraction of sp³-hybridized carbons (Fsp3) is 1.00. The van der Waals surface area contributed by atoms with Crippen molar-refractivity contribution in [3.63, 3.8) is 0 Å². The molecule has 0 aromatic rings. The van der Waals surface area contributed by atoms with Crippen LogP contribution in [0.25, 0.3) is 0 Å². The van der Waals surface area contributed by atoms with Crippen molar-refractivity contribution in [3.05, 3.63) is 0 Å². The molecular formula is C10H23NOS2. The van der Waals surface area contributed by atoms with E-state index in [1.54, 1.807) is 6.26 Å². The predicted octanol–water partition coefficient (Wildman–Crippen LogP) is 1.87. The maximum Gasteiger partial charge on any atom is 0.0357 e. The van der Waals surface area contributed by atoms with Crippen molar-refractivity contribution < 1.29 is 4.21 Å². The SMILES string of the molecule is C[C@H](CSC(C)(C)C)NCC[S@](C)=O. The van der Waals surface area contributed by atoms with Crippen LogP contribution in [0.1, 0.15) is 27.7 Å². The van der Waals surface area contributed by atoms with Gasteiger partial charge in [-0.05, 0) is 6.92 Å². The molecule has 2 nitrogen and oxygen atoms in total. The van der Waals surface area contributed by atoms with Gasteiger partial charge in [0.05, 0.1) is 0 Å². The van der Waals surface area contributed by atoms with Crippen molar-refractivity contribution in [2.24, 2.45) is 0 Å². The highest BCUT2D eigenvalue weighted by Crippen LogP contribution is 2.23. The van der Waals surface area contributed by atoms with Gasteiger partial charge in [-0.3, -0.25) is 4.21 Å². The molecule has 0 bridgehead atoms. The summed E-state index contributed by atoms with van der Waals surface area (Å²) in [5, 5.41) is 3.37. The number of hydrogen-bond acceptors (Lipinski definition) is 3. The zero-order valence-electron chi connectivity index (χ0n) is 9.92. The molecule has 0 aromatic heterocycles. The number of nitrogens with one attached hydrogen (secondary N) is 1. The summed E-state index contributed by atoms with van der Waals surface area (Å²) in [5.74, 6) is 1.87. The molecule has 0 rings (SSSR count). The molecule has 86 valence electrons. The molecule has 1 N–H and O–H groups in total. The van der Waals surface area contributed by atoms with Gasteiger partial charge in [0.1, 0.15) is 0 Å². The Balaban J connectivity index is 3.46. The first-order valence-corrected chi connectivity index (χ1v) is 7.70. The summed E-state index contributed by atoms with van der Waals surface area (Å²) in [4.78, 5) is 0. The minimum Gasteiger partial charge on any atom is -0.313 e. The van der Waals surface area contributed by atoms with Gasteiger partial charge in [0.15, 0.2) is 0 Å². The molecule has 0 radical (unpaired) electrons. The van der Waals surface area contributed by atoms with Crippen LogP contribution in [0.3, 0.4) is 0 Å². The molecule has 0 aromatic carbocycles. The summed E-state index contributed by atoms with van der Waals surface area (Å²) < 4.78 is 11.1. The minimum atomic E-state index is -0.672. The van der Waals surface area contributed by atoms with E-state index in [0.29, 0.717) is 10.8 Å². The van der Waals surface area contributed by atoms with E-state index < -0.39 is 10.8 Å². The fourth-order valence-electron chi connectivity index (χ4n) is 0.883. The Morgan fingerprint density at radius 2 is 2.00 bits per heavy atom. The van der Waals surface area contributed by atoms with E-state index in [1.165, 1.54) is 0 Å². The average molecular weight is 237 g/mol. The van der Waals surface area contributed by atoms with E-state index in [4.69, 9.17) is 0 Å². The first kappa shape index (κ1) is 14.5. The van der Waals surface area contributed by atoms with Crippen LogP contribution in [0.2, 0.25) is 0 Å². The zero-order chi connectivity index (χ0) is 11.2. The van der Waals surface area contributed by atoms with Gasteiger partial charge in [-0.15, -0.1) is 0 Å². The molecule has 0 aliphatic rings. The summed E-state index contributed by atoms with van der Waals surface area (Å²) in [7, 11) is -0.672. The molecule has 0 heterocycles. The molecule has 4 heteroatoms. The quantitative estimate of drug-likeness (QED) is 0.765. The van der Waals surface area contributed by atoms with Crippen LogP contribution in [-0.4, -0.2) is 39.3 Å². The predicted molar refractivity (Wildman–Crippen MR) is 68.6 cm³/mol. The smallest absolute Gasteiger partial charge is 0.0357 e. The van der Waals surface area contributed by atoms with E-state index in [2.05, 4.69) is 33.0 Å². The van der Waals surface area contributed by atoms with Gasteiger partial charge in [-0.1, -0.05) is 20.8 Å². The molecule has 0 saturated carbocycles. The van der Waals surface area contributed by atoms with Gasteiger partial charge in [0, 0.05) is 45.9 Å². The van der Waals surface area contributed by atoms with Crippen molar-refractivity contribution in [3.8, 4) is 0 Å². The van der Waals surface area contributed by atoms with Crippen molar-refractivity contribution in [1.29, 1.82) is 0 Å². The summed E-state index contributed by atoms with van der Waals surface area (Å²) in [5.41, 5.74) is 0. The highest BCUT2D eigenvalue weighted by atomic mass is 32.2. The van der Waals surface area contributed by atoms with Gasteiger partial charge in [0.2, 0.25) is 0 Å². The summed E-state index contributed by atoms with van der Waals surface area (Å²) in [6, 6.07) is 0.503. The third-order valence-corrected chi connectivity index (χ3v) is 3.96. The Kier molecular flexibility index (Phi) is 7.08. The molecule has 0 saturated heterocycles. The third-order valence-electron chi connectivity index (χ3n) is 1.65. The molecule has 14 heavy (non-hydrogen) atoms. The number of rotatable bonds is 6. The van der Waals surface area contributed by atoms with Crippen LogP contribution in [0, 0.1) is 0 Å². The molecule has 2 atom stereocenters. The average Bonchev–Trinajstić information content (AvgIpc) is 1.99. The van der Waals surface area contributed by atoms with Gasteiger partial charge in [0.25, 0.3) is 0 Å². The lowest BCUT2D eigenvalue weighted by Crippen LogP contribution is -2.32. The van der Waals surface area contributed by atoms with E-state index in [1.807, 2.05) is 11.8 Å². The third kappa shape index (κ3) is 10.5. The second kappa shape index (κ2) is 6.85. The van der Waals surface area contributed by atoms with Gasteiger partial charge < -0.3 is 5.32 Å². The van der Waals surface area contributed by atoms with Gasteiger partial charge in [-0.2, -0.15) is 11.8 Å². The first-order valence-electron chi connectivity index (χ1n) is 4.98. The van der Waals surface area contributed by atoms with Crippen LogP contribution in [0.5, 0.6) is 0 Å². The Morgan fingerprint density at radius 1 is 1.43 bits per heavy atom. The normalized spacial score (nSPS) is 16.6. The van der Waals surface area contributed by atoms with Crippen LogP contribution in [0.4, 0.5) is 0 Å². The first-order chi connectivity index (χ1) is 6.31. The van der Waals surface area contributed by atoms with E-state index in [0.717, 1.165) is 18.1 Å². The van der Waals surface area contributed by atoms with Crippen molar-refractivity contribution in [1.82, 2.24) is 5.32 Å². The Morgan fingerprint density at radius 3 is 2.43 bits per heavy atom. The highest BCUT2D eigenvalue weighted by Gasteiger charge is 2.12. The highest BCUT2D eigenvalue weighted by molar-refractivity contribution is 8.00. The maximum atomic E-state index is 10.8. The summed E-state index contributed by atoms with van der Waals surface area (Å²) >= 11 is 1.96. The monoisotopic (exact) mass is 237 g/mol. The van der Waals surface area contributed by atoms with Gasteiger partial charge >= 0.3 is 0 Å². The van der Waals surface area contributed by atoms with Crippen molar-refractivity contribution in [2.75, 3.05) is 24.3 Å². The topological polar surface area (TPSA) is 29.1 Å². The molecule has 0 fully saturated rings. The molecule has 0 amide bonds. The lowest BCUT2D eigenvalue weighted by molar-refractivity contribution is 0.615. The summed E-state index contributed by atoms with van der Waals surface area (Å²) in [6.45, 7) is 9.72. The van der Waals surface area contributed by atoms with Crippen LogP contribution >= 0.6 is 11.8 Å². The van der Waals surface area contributed by atoms with Crippen LogP contribution in [-0.2, 0) is 10.8 Å². The minimum absolute atomic E-state index is 0.337. The van der Waals surface area contributed by atoms with E-state index >= 15 is 0 Å². The van der Waals surface area contributed by atoms with Crippen LogP contribution < -0.4 is 5.32 Å². The van der Waals surface area contributed by atoms with E-state index in [-0.39, 0.29) is 0 Å². The molecule has 0 aliphatic heterocycles. The lowest BCUT2D eigenvalue weighted by Gasteiger charge is -2.21. The lowest BCUT2D eigenvalue weighted by atomic mass is 10.3. The van der Waals surface area contributed by atoms with Crippen LogP contribution in [0.15, 0.2) is 0 Å². The zero-order valence-corrected chi connectivity index (χ0v) is 11.6. The van der Waals surface area contributed by atoms with Crippen molar-refractivity contribution in [2.45, 2.75) is 38.5 Å². The van der Waals surface area contributed by atoms with E-state index in [9.17, 15) is 4.21 Å². The molecule has 0 aliphatic carbocycles. The maximum absolute atomic E-state index is 10.8. The number of hydrogen-bond donors (Lipinski definition) is 1. The van der Waals surface area contributed by atoms with Crippen molar-refractivity contribution >= 4 is 22.6 Å². The number of thioether (sulfide) groups is 1. The second-order valence-electron chi connectivity index (χ2n) is 4.56. The largest absolute Gasteiger partial charge is 0.313 e. The van der Waals surface area contributed by atoms with Gasteiger partial charge in [-0.25, -0.2) is 0 Å².